The molecule has 0 saturated carbocycles. The number of fused-ring (bicyclic) bond motifs is 1. The molecular weight excluding hydrogens is 308 g/mol. The Kier molecular flexibility index (Phi) is 4.53. The highest BCUT2D eigenvalue weighted by atomic mass is 16.5. The number of primary amides is 1. The van der Waals surface area contributed by atoms with Gasteiger partial charge in [-0.15, -0.1) is 0 Å². The van der Waals surface area contributed by atoms with Crippen LogP contribution in [0, 0.1) is 12.3 Å². The largest absolute Gasteiger partial charge is 0.381 e. The third-order valence-corrected chi connectivity index (χ3v) is 4.74. The highest BCUT2D eigenvalue weighted by Crippen LogP contribution is 2.29. The smallest absolute Gasteiger partial charge is 0.240 e. The number of carbonyl (C=O) groups excluding carboxylic acids is 2. The van der Waals surface area contributed by atoms with Crippen molar-refractivity contribution in [2.24, 2.45) is 11.1 Å². The van der Waals surface area contributed by atoms with Crippen molar-refractivity contribution in [2.45, 2.75) is 26.3 Å². The van der Waals surface area contributed by atoms with Crippen LogP contribution in [0.1, 0.15) is 18.7 Å². The number of ether oxygens (including phenoxy) is 1. The zero-order valence-corrected chi connectivity index (χ0v) is 13.7. The van der Waals surface area contributed by atoms with Crippen molar-refractivity contribution >= 4 is 22.8 Å². The first-order valence-corrected chi connectivity index (χ1v) is 8.08. The summed E-state index contributed by atoms with van der Waals surface area (Å²) in [4.78, 5) is 28.7. The molecule has 1 aliphatic rings. The van der Waals surface area contributed by atoms with Gasteiger partial charge in [-0.05, 0) is 31.9 Å². The molecule has 0 aliphatic carbocycles. The number of hydrogen-bond donors (Lipinski definition) is 2. The van der Waals surface area contributed by atoms with Crippen LogP contribution in [0.25, 0.3) is 11.0 Å². The second kappa shape index (κ2) is 6.60. The van der Waals surface area contributed by atoms with E-state index in [0.717, 1.165) is 16.9 Å². The minimum atomic E-state index is -0.708. The van der Waals surface area contributed by atoms with Gasteiger partial charge in [-0.3, -0.25) is 9.59 Å². The van der Waals surface area contributed by atoms with E-state index in [4.69, 9.17) is 10.5 Å². The first-order chi connectivity index (χ1) is 11.5. The summed E-state index contributed by atoms with van der Waals surface area (Å²) in [6.07, 6.45) is 1.07. The monoisotopic (exact) mass is 330 g/mol. The molecule has 128 valence electrons. The van der Waals surface area contributed by atoms with Gasteiger partial charge in [-0.1, -0.05) is 12.1 Å². The van der Waals surface area contributed by atoms with Gasteiger partial charge >= 0.3 is 0 Å². The Balaban J connectivity index is 1.69. The molecule has 0 unspecified atom stereocenters. The Morgan fingerprint density at radius 2 is 2.04 bits per heavy atom. The molecule has 2 heterocycles. The van der Waals surface area contributed by atoms with Crippen LogP contribution in [0.5, 0.6) is 0 Å². The van der Waals surface area contributed by atoms with E-state index in [2.05, 4.69) is 10.3 Å². The van der Waals surface area contributed by atoms with Crippen LogP contribution in [0.4, 0.5) is 0 Å². The van der Waals surface area contributed by atoms with Crippen LogP contribution in [0.15, 0.2) is 24.3 Å². The molecule has 3 N–H and O–H groups in total. The second-order valence-electron chi connectivity index (χ2n) is 6.27. The lowest BCUT2D eigenvalue weighted by Gasteiger charge is -2.34. The molecule has 2 aromatic rings. The van der Waals surface area contributed by atoms with Gasteiger partial charge in [0.15, 0.2) is 0 Å². The summed E-state index contributed by atoms with van der Waals surface area (Å²) in [5.74, 6) is 0.241. The fraction of sp³-hybridized carbons (Fsp3) is 0.471. The molecule has 24 heavy (non-hydrogen) atoms. The van der Waals surface area contributed by atoms with Crippen LogP contribution < -0.4 is 11.1 Å². The third kappa shape index (κ3) is 3.12. The lowest BCUT2D eigenvalue weighted by molar-refractivity contribution is -0.134. The minimum Gasteiger partial charge on any atom is -0.381 e. The molecule has 7 heteroatoms. The molecule has 0 radical (unpaired) electrons. The van der Waals surface area contributed by atoms with Crippen molar-refractivity contribution < 1.29 is 14.3 Å². The van der Waals surface area contributed by atoms with E-state index < -0.39 is 5.41 Å². The fourth-order valence-corrected chi connectivity index (χ4v) is 3.14. The summed E-state index contributed by atoms with van der Waals surface area (Å²) in [5.41, 5.74) is 6.63. The highest BCUT2D eigenvalue weighted by molar-refractivity contribution is 5.84. The average Bonchev–Trinajstić information content (AvgIpc) is 2.89. The molecule has 1 aromatic carbocycles. The summed E-state index contributed by atoms with van der Waals surface area (Å²) >= 11 is 0. The van der Waals surface area contributed by atoms with Crippen molar-refractivity contribution in [3.8, 4) is 0 Å². The molecule has 0 spiro atoms. The van der Waals surface area contributed by atoms with Gasteiger partial charge < -0.3 is 20.4 Å². The lowest BCUT2D eigenvalue weighted by Crippen LogP contribution is -2.50. The number of para-hydroxylation sites is 2. The van der Waals surface area contributed by atoms with Crippen LogP contribution in [0.3, 0.4) is 0 Å². The quantitative estimate of drug-likeness (QED) is 0.845. The molecule has 1 aromatic heterocycles. The summed E-state index contributed by atoms with van der Waals surface area (Å²) in [6, 6.07) is 7.69. The van der Waals surface area contributed by atoms with Crippen molar-refractivity contribution in [1.82, 2.24) is 14.9 Å². The van der Waals surface area contributed by atoms with Crippen LogP contribution >= 0.6 is 0 Å². The SMILES string of the molecule is Cc1nc2ccccc2n1CC(=O)NCC1(C(N)=O)CCOCC1. The van der Waals surface area contributed by atoms with Crippen LogP contribution in [0.2, 0.25) is 0 Å². The number of aromatic nitrogens is 2. The van der Waals surface area contributed by atoms with Gasteiger partial charge in [0.25, 0.3) is 0 Å². The Morgan fingerprint density at radius 3 is 2.75 bits per heavy atom. The predicted molar refractivity (Wildman–Crippen MR) is 89.2 cm³/mol. The molecule has 1 fully saturated rings. The molecule has 1 aliphatic heterocycles. The number of nitrogens with one attached hydrogen (secondary N) is 1. The summed E-state index contributed by atoms with van der Waals surface area (Å²) in [5, 5.41) is 2.86. The topological polar surface area (TPSA) is 99.2 Å². The van der Waals surface area contributed by atoms with E-state index >= 15 is 0 Å². The Bertz CT molecular complexity index is 762. The summed E-state index contributed by atoms with van der Waals surface area (Å²) in [6.45, 7) is 3.26. The number of benzene rings is 1. The molecule has 3 rings (SSSR count). The highest BCUT2D eigenvalue weighted by Gasteiger charge is 2.38. The number of nitrogens with zero attached hydrogens (tertiary/aromatic N) is 2. The number of nitrogens with two attached hydrogens (primary N) is 1. The van der Waals surface area contributed by atoms with Gasteiger partial charge in [0.2, 0.25) is 11.8 Å². The summed E-state index contributed by atoms with van der Waals surface area (Å²) < 4.78 is 7.16. The molecule has 0 atom stereocenters. The zero-order valence-electron chi connectivity index (χ0n) is 13.7. The first kappa shape index (κ1) is 16.4. The van der Waals surface area contributed by atoms with E-state index in [0.29, 0.717) is 26.1 Å². The van der Waals surface area contributed by atoms with E-state index in [9.17, 15) is 9.59 Å². The number of carbonyl (C=O) groups is 2. The average molecular weight is 330 g/mol. The Labute approximate surface area is 140 Å². The fourth-order valence-electron chi connectivity index (χ4n) is 3.14. The van der Waals surface area contributed by atoms with Gasteiger partial charge in [-0.25, -0.2) is 4.98 Å². The van der Waals surface area contributed by atoms with E-state index in [-0.39, 0.29) is 24.9 Å². The van der Waals surface area contributed by atoms with Gasteiger partial charge in [-0.2, -0.15) is 0 Å². The molecule has 2 amide bonds. The van der Waals surface area contributed by atoms with E-state index in [1.165, 1.54) is 0 Å². The molecular formula is C17H22N4O3. The van der Waals surface area contributed by atoms with Crippen molar-refractivity contribution in [3.63, 3.8) is 0 Å². The van der Waals surface area contributed by atoms with E-state index in [1.54, 1.807) is 0 Å². The molecule has 7 nitrogen and oxygen atoms in total. The van der Waals surface area contributed by atoms with Crippen LogP contribution in [-0.2, 0) is 20.9 Å². The number of amides is 2. The minimum absolute atomic E-state index is 0.159. The van der Waals surface area contributed by atoms with Gasteiger partial charge in [0, 0.05) is 19.8 Å². The Morgan fingerprint density at radius 1 is 1.33 bits per heavy atom. The Hall–Kier alpha value is -2.41. The number of imidazole rings is 1. The molecule has 1 saturated heterocycles. The summed E-state index contributed by atoms with van der Waals surface area (Å²) in [7, 11) is 0. The van der Waals surface area contributed by atoms with Crippen LogP contribution in [-0.4, -0.2) is 41.1 Å². The normalized spacial score (nSPS) is 16.9. The maximum absolute atomic E-state index is 12.4. The van der Waals surface area contributed by atoms with Crippen molar-refractivity contribution in [2.75, 3.05) is 19.8 Å². The standard InChI is InChI=1S/C17H22N4O3/c1-12-20-13-4-2-3-5-14(13)21(12)10-15(22)19-11-17(16(18)23)6-8-24-9-7-17/h2-5H,6-11H2,1H3,(H2,18,23)(H,19,22). The zero-order chi connectivity index (χ0) is 17.2. The lowest BCUT2D eigenvalue weighted by atomic mass is 9.79. The van der Waals surface area contributed by atoms with Gasteiger partial charge in [0.05, 0.1) is 16.4 Å². The first-order valence-electron chi connectivity index (χ1n) is 8.08. The van der Waals surface area contributed by atoms with Crippen molar-refractivity contribution in [3.05, 3.63) is 30.1 Å². The van der Waals surface area contributed by atoms with E-state index in [1.807, 2.05) is 35.8 Å². The second-order valence-corrected chi connectivity index (χ2v) is 6.27. The maximum Gasteiger partial charge on any atom is 0.240 e. The third-order valence-electron chi connectivity index (χ3n) is 4.74. The molecule has 0 bridgehead atoms. The predicted octanol–water partition coefficient (Wildman–Crippen LogP) is 0.743. The van der Waals surface area contributed by atoms with Gasteiger partial charge in [0.1, 0.15) is 12.4 Å². The maximum atomic E-state index is 12.4. The number of rotatable bonds is 5. The van der Waals surface area contributed by atoms with Crippen molar-refractivity contribution in [1.29, 1.82) is 0 Å². The number of hydrogen-bond acceptors (Lipinski definition) is 4. The number of aryl methyl sites for hydroxylation is 1.